The maximum Gasteiger partial charge on any atom is 0.403 e. The predicted octanol–water partition coefficient (Wildman–Crippen LogP) is 3.30. The highest BCUT2D eigenvalue weighted by atomic mass is 32.2. The van der Waals surface area contributed by atoms with Gasteiger partial charge in [-0.25, -0.2) is 8.42 Å². The Hall–Kier alpha value is -0.300. The van der Waals surface area contributed by atoms with Gasteiger partial charge in [0.2, 0.25) is 0 Å². The van der Waals surface area contributed by atoms with Crippen LogP contribution in [-0.2, 0) is 9.84 Å². The van der Waals surface area contributed by atoms with Crippen LogP contribution in [0, 0.1) is 5.92 Å². The van der Waals surface area contributed by atoms with Crippen molar-refractivity contribution < 1.29 is 21.6 Å². The molecule has 4 atom stereocenters. The summed E-state index contributed by atoms with van der Waals surface area (Å²) in [5, 5.41) is 1.92. The SMILES string of the molecule is CCC(C)C1(S(=O)(=O)C(C)C)CCC(C(F)(F)F)NC1C. The second kappa shape index (κ2) is 6.07. The van der Waals surface area contributed by atoms with Crippen molar-refractivity contribution in [3.05, 3.63) is 0 Å². The smallest absolute Gasteiger partial charge is 0.302 e. The first-order valence-electron chi connectivity index (χ1n) is 7.47. The minimum atomic E-state index is -4.34. The Morgan fingerprint density at radius 3 is 2.14 bits per heavy atom. The summed E-state index contributed by atoms with van der Waals surface area (Å²) in [7, 11) is -3.52. The summed E-state index contributed by atoms with van der Waals surface area (Å²) in [6.07, 6.45) is -3.85. The molecule has 21 heavy (non-hydrogen) atoms. The van der Waals surface area contributed by atoms with Crippen molar-refractivity contribution in [1.82, 2.24) is 5.32 Å². The normalized spacial score (nSPS) is 33.2. The van der Waals surface area contributed by atoms with E-state index in [1.165, 1.54) is 0 Å². The Balaban J connectivity index is 3.25. The van der Waals surface area contributed by atoms with Gasteiger partial charge in [-0.3, -0.25) is 0 Å². The Labute approximate surface area is 125 Å². The number of rotatable bonds is 4. The topological polar surface area (TPSA) is 46.2 Å². The molecular weight excluding hydrogens is 303 g/mol. The van der Waals surface area contributed by atoms with Gasteiger partial charge >= 0.3 is 6.18 Å². The predicted molar refractivity (Wildman–Crippen MR) is 77.9 cm³/mol. The summed E-state index contributed by atoms with van der Waals surface area (Å²) in [4.78, 5) is 0. The van der Waals surface area contributed by atoms with Crippen molar-refractivity contribution >= 4 is 9.84 Å². The lowest BCUT2D eigenvalue weighted by molar-refractivity contribution is -0.165. The summed E-state index contributed by atoms with van der Waals surface area (Å²) in [6, 6.07) is -2.34. The van der Waals surface area contributed by atoms with E-state index in [1.807, 2.05) is 13.8 Å². The Morgan fingerprint density at radius 2 is 1.81 bits per heavy atom. The van der Waals surface area contributed by atoms with Crippen LogP contribution in [0.1, 0.15) is 53.9 Å². The van der Waals surface area contributed by atoms with Crippen LogP contribution in [0.25, 0.3) is 0 Å². The average molecular weight is 329 g/mol. The Bertz CT molecular complexity index is 461. The Morgan fingerprint density at radius 1 is 1.29 bits per heavy atom. The Kier molecular flexibility index (Phi) is 5.42. The molecule has 1 rings (SSSR count). The molecule has 0 radical (unpaired) electrons. The summed E-state index contributed by atoms with van der Waals surface area (Å²) in [5.74, 6) is -0.193. The van der Waals surface area contributed by atoms with Gasteiger partial charge in [-0.2, -0.15) is 13.2 Å². The van der Waals surface area contributed by atoms with Crippen LogP contribution >= 0.6 is 0 Å². The summed E-state index contributed by atoms with van der Waals surface area (Å²) >= 11 is 0. The van der Waals surface area contributed by atoms with Crippen LogP contribution in [0.3, 0.4) is 0 Å². The quantitative estimate of drug-likeness (QED) is 0.861. The van der Waals surface area contributed by atoms with E-state index in [4.69, 9.17) is 0 Å². The first kappa shape index (κ1) is 18.7. The molecule has 1 aliphatic rings. The third-order valence-electron chi connectivity index (χ3n) is 5.00. The highest BCUT2D eigenvalue weighted by molar-refractivity contribution is 7.93. The molecule has 1 heterocycles. The number of sulfone groups is 1. The van der Waals surface area contributed by atoms with Gasteiger partial charge in [0.1, 0.15) is 6.04 Å². The third-order valence-corrected chi connectivity index (χ3v) is 8.26. The van der Waals surface area contributed by atoms with E-state index in [0.717, 1.165) is 0 Å². The number of alkyl halides is 3. The standard InChI is InChI=1S/C14H26F3NO2S/c1-6-10(4)13(21(19,20)9(2)3)8-7-12(14(15,16)17)18-11(13)5/h9-12,18H,6-8H2,1-5H3. The van der Waals surface area contributed by atoms with E-state index in [1.54, 1.807) is 20.8 Å². The molecule has 1 N–H and O–H groups in total. The second-order valence-electron chi connectivity index (χ2n) is 6.38. The zero-order chi connectivity index (χ0) is 16.6. The maximum atomic E-state index is 12.9. The third kappa shape index (κ3) is 3.09. The molecule has 4 unspecified atom stereocenters. The van der Waals surface area contributed by atoms with E-state index >= 15 is 0 Å². The van der Waals surface area contributed by atoms with Gasteiger partial charge in [0.25, 0.3) is 0 Å². The first-order valence-corrected chi connectivity index (χ1v) is 9.02. The van der Waals surface area contributed by atoms with Crippen molar-refractivity contribution in [2.45, 2.75) is 82.1 Å². The number of halogens is 3. The molecule has 0 saturated carbocycles. The fraction of sp³-hybridized carbons (Fsp3) is 1.00. The highest BCUT2D eigenvalue weighted by Crippen LogP contribution is 2.44. The molecule has 1 fully saturated rings. The zero-order valence-corrected chi connectivity index (χ0v) is 14.1. The molecule has 0 bridgehead atoms. The lowest BCUT2D eigenvalue weighted by Gasteiger charge is -2.49. The van der Waals surface area contributed by atoms with Crippen LogP contribution in [0.4, 0.5) is 13.2 Å². The lowest BCUT2D eigenvalue weighted by Crippen LogP contribution is -2.67. The summed E-state index contributed by atoms with van der Waals surface area (Å²) in [6.45, 7) is 8.48. The van der Waals surface area contributed by atoms with E-state index in [-0.39, 0.29) is 18.8 Å². The largest absolute Gasteiger partial charge is 0.403 e. The molecule has 0 aromatic heterocycles. The summed E-state index contributed by atoms with van der Waals surface area (Å²) in [5.41, 5.74) is 0. The number of hydrogen-bond acceptors (Lipinski definition) is 3. The minimum absolute atomic E-state index is 0.0564. The van der Waals surface area contributed by atoms with Crippen molar-refractivity contribution in [2.24, 2.45) is 5.92 Å². The molecule has 0 amide bonds. The molecule has 3 nitrogen and oxygen atoms in total. The zero-order valence-electron chi connectivity index (χ0n) is 13.3. The number of nitrogens with one attached hydrogen (secondary N) is 1. The van der Waals surface area contributed by atoms with E-state index in [2.05, 4.69) is 5.32 Å². The molecule has 0 aliphatic carbocycles. The van der Waals surface area contributed by atoms with Crippen molar-refractivity contribution in [2.75, 3.05) is 0 Å². The molecule has 1 saturated heterocycles. The van der Waals surface area contributed by atoms with Crippen LogP contribution in [-0.4, -0.2) is 36.7 Å². The average Bonchev–Trinajstić information content (AvgIpc) is 2.36. The van der Waals surface area contributed by atoms with Gasteiger partial charge in [0, 0.05) is 6.04 Å². The highest BCUT2D eigenvalue weighted by Gasteiger charge is 2.57. The van der Waals surface area contributed by atoms with Gasteiger partial charge in [0.05, 0.1) is 10.00 Å². The van der Waals surface area contributed by atoms with Gasteiger partial charge < -0.3 is 5.32 Å². The van der Waals surface area contributed by atoms with Crippen molar-refractivity contribution in [3.8, 4) is 0 Å². The first-order chi connectivity index (χ1) is 9.41. The van der Waals surface area contributed by atoms with Crippen LogP contribution in [0.2, 0.25) is 0 Å². The molecular formula is C14H26F3NO2S. The monoisotopic (exact) mass is 329 g/mol. The molecule has 0 spiro atoms. The van der Waals surface area contributed by atoms with Gasteiger partial charge in [-0.05, 0) is 39.5 Å². The lowest BCUT2D eigenvalue weighted by atomic mass is 9.77. The molecule has 0 aromatic rings. The maximum absolute atomic E-state index is 12.9. The van der Waals surface area contributed by atoms with Gasteiger partial charge in [-0.15, -0.1) is 0 Å². The fourth-order valence-electron chi connectivity index (χ4n) is 3.50. The molecule has 126 valence electrons. The van der Waals surface area contributed by atoms with Crippen molar-refractivity contribution in [1.29, 1.82) is 0 Å². The van der Waals surface area contributed by atoms with Crippen molar-refractivity contribution in [3.63, 3.8) is 0 Å². The molecule has 1 aliphatic heterocycles. The van der Waals surface area contributed by atoms with Gasteiger partial charge in [-0.1, -0.05) is 20.3 Å². The summed E-state index contributed by atoms with van der Waals surface area (Å²) < 4.78 is 63.3. The van der Waals surface area contributed by atoms with E-state index < -0.39 is 38.1 Å². The fourth-order valence-corrected chi connectivity index (χ4v) is 6.07. The number of piperidine rings is 1. The van der Waals surface area contributed by atoms with E-state index in [0.29, 0.717) is 6.42 Å². The second-order valence-corrected chi connectivity index (χ2v) is 9.17. The molecule has 7 heteroatoms. The number of hydrogen-bond donors (Lipinski definition) is 1. The minimum Gasteiger partial charge on any atom is -0.302 e. The van der Waals surface area contributed by atoms with Gasteiger partial charge in [0.15, 0.2) is 9.84 Å². The van der Waals surface area contributed by atoms with E-state index in [9.17, 15) is 21.6 Å². The van der Waals surface area contributed by atoms with Crippen LogP contribution in [0.5, 0.6) is 0 Å². The van der Waals surface area contributed by atoms with Crippen LogP contribution < -0.4 is 5.32 Å². The molecule has 0 aromatic carbocycles. The van der Waals surface area contributed by atoms with Crippen LogP contribution in [0.15, 0.2) is 0 Å².